The van der Waals surface area contributed by atoms with E-state index in [1.54, 1.807) is 0 Å². The lowest BCUT2D eigenvalue weighted by atomic mass is 10.2. The minimum atomic E-state index is -1.36. The lowest BCUT2D eigenvalue weighted by Gasteiger charge is -2.13. The van der Waals surface area contributed by atoms with Crippen molar-refractivity contribution in [2.75, 3.05) is 26.9 Å². The molecular weight excluding hydrogens is 232 g/mol. The summed E-state index contributed by atoms with van der Waals surface area (Å²) in [5.74, 6) is -1.66. The van der Waals surface area contributed by atoms with Crippen molar-refractivity contribution in [3.8, 4) is 0 Å². The summed E-state index contributed by atoms with van der Waals surface area (Å²) in [6, 6.07) is 0. The molecule has 0 saturated heterocycles. The zero-order chi connectivity index (χ0) is 12.8. The second kappa shape index (κ2) is 6.43. The van der Waals surface area contributed by atoms with Crippen LogP contribution in [-0.2, 0) is 19.0 Å². The van der Waals surface area contributed by atoms with E-state index >= 15 is 0 Å². The number of hydrogen-bond acceptors (Lipinski definition) is 7. The Morgan fingerprint density at radius 1 is 1.47 bits per heavy atom. The van der Waals surface area contributed by atoms with Crippen LogP contribution in [-0.4, -0.2) is 60.4 Å². The van der Waals surface area contributed by atoms with Gasteiger partial charge in [-0.05, 0) is 0 Å². The summed E-state index contributed by atoms with van der Waals surface area (Å²) >= 11 is 0. The Bertz CT molecular complexity index is 299. The molecule has 0 fully saturated rings. The maximum atomic E-state index is 11.3. The molecule has 0 radical (unpaired) electrons. The van der Waals surface area contributed by atoms with Gasteiger partial charge >= 0.3 is 5.97 Å². The summed E-state index contributed by atoms with van der Waals surface area (Å²) in [5.41, 5.74) is 0. The molecule has 2 atom stereocenters. The molecule has 98 valence electrons. The molecule has 0 aromatic rings. The molecule has 1 rings (SSSR count). The van der Waals surface area contributed by atoms with E-state index in [0.29, 0.717) is 13.0 Å². The van der Waals surface area contributed by atoms with Gasteiger partial charge in [0, 0.05) is 20.1 Å². The summed E-state index contributed by atoms with van der Waals surface area (Å²) < 4.78 is 14.5. The zero-order valence-electron chi connectivity index (χ0n) is 9.46. The van der Waals surface area contributed by atoms with Crippen LogP contribution in [0.1, 0.15) is 6.42 Å². The van der Waals surface area contributed by atoms with Gasteiger partial charge in [0.05, 0.1) is 13.2 Å². The van der Waals surface area contributed by atoms with Gasteiger partial charge in [0.2, 0.25) is 5.76 Å². The van der Waals surface area contributed by atoms with Crippen LogP contribution in [0, 0.1) is 0 Å². The quantitative estimate of drug-likeness (QED) is 0.395. The topological polar surface area (TPSA) is 105 Å². The molecule has 1 aliphatic rings. The molecule has 0 saturated carbocycles. The number of carbonyl (C=O) groups is 1. The molecule has 0 bridgehead atoms. The number of esters is 1. The lowest BCUT2D eigenvalue weighted by Crippen LogP contribution is -2.31. The highest BCUT2D eigenvalue weighted by Crippen LogP contribution is 2.24. The van der Waals surface area contributed by atoms with E-state index in [1.165, 1.54) is 7.11 Å². The number of methoxy groups -OCH3 is 1. The molecule has 7 heteroatoms. The van der Waals surface area contributed by atoms with Crippen LogP contribution >= 0.6 is 0 Å². The van der Waals surface area contributed by atoms with E-state index in [1.807, 2.05) is 0 Å². The number of rotatable bonds is 7. The first kappa shape index (κ1) is 13.8. The number of aliphatic hydroxyl groups is 3. The third kappa shape index (κ3) is 3.32. The van der Waals surface area contributed by atoms with Crippen LogP contribution in [0.4, 0.5) is 0 Å². The standard InChI is InChI=1S/C10H16O7/c1-15-3-2-4-16-9-7(13)8(6(12)5-11)17-10(9)14/h6,8,11-13H,2-5H2,1H3. The van der Waals surface area contributed by atoms with E-state index < -0.39 is 30.5 Å². The van der Waals surface area contributed by atoms with E-state index in [2.05, 4.69) is 4.74 Å². The molecule has 0 amide bonds. The third-order valence-corrected chi connectivity index (χ3v) is 2.20. The first-order valence-corrected chi connectivity index (χ1v) is 5.16. The van der Waals surface area contributed by atoms with Crippen molar-refractivity contribution in [2.24, 2.45) is 0 Å². The Kier molecular flexibility index (Phi) is 5.20. The van der Waals surface area contributed by atoms with Crippen LogP contribution in [0.3, 0.4) is 0 Å². The Labute approximate surface area is 98.2 Å². The van der Waals surface area contributed by atoms with Crippen molar-refractivity contribution in [3.63, 3.8) is 0 Å². The SMILES string of the molecule is COCCCOC1=C(O)C(C(O)CO)OC1=O. The summed E-state index contributed by atoms with van der Waals surface area (Å²) in [6.07, 6.45) is -2.07. The molecule has 1 heterocycles. The molecule has 17 heavy (non-hydrogen) atoms. The fourth-order valence-electron chi connectivity index (χ4n) is 1.33. The predicted octanol–water partition coefficient (Wildman–Crippen LogP) is -0.912. The van der Waals surface area contributed by atoms with Gasteiger partial charge in [-0.25, -0.2) is 4.79 Å². The highest BCUT2D eigenvalue weighted by Gasteiger charge is 2.40. The Morgan fingerprint density at radius 3 is 2.76 bits per heavy atom. The second-order valence-electron chi connectivity index (χ2n) is 3.49. The molecule has 0 aromatic heterocycles. The lowest BCUT2D eigenvalue weighted by molar-refractivity contribution is -0.148. The van der Waals surface area contributed by atoms with Gasteiger partial charge in [-0.15, -0.1) is 0 Å². The molecule has 3 N–H and O–H groups in total. The van der Waals surface area contributed by atoms with Gasteiger partial charge in [0.15, 0.2) is 11.9 Å². The minimum Gasteiger partial charge on any atom is -0.505 e. The average molecular weight is 248 g/mol. The number of carbonyl (C=O) groups excluding carboxylic acids is 1. The van der Waals surface area contributed by atoms with Crippen LogP contribution in [0.15, 0.2) is 11.5 Å². The van der Waals surface area contributed by atoms with Gasteiger partial charge in [0.1, 0.15) is 6.10 Å². The Hall–Kier alpha value is -1.31. The average Bonchev–Trinajstić information content (AvgIpc) is 2.60. The largest absolute Gasteiger partial charge is 0.505 e. The van der Waals surface area contributed by atoms with E-state index in [-0.39, 0.29) is 12.4 Å². The van der Waals surface area contributed by atoms with Crippen molar-refractivity contribution < 1.29 is 34.3 Å². The Balaban J connectivity index is 2.56. The molecule has 7 nitrogen and oxygen atoms in total. The van der Waals surface area contributed by atoms with Crippen LogP contribution in [0.2, 0.25) is 0 Å². The summed E-state index contributed by atoms with van der Waals surface area (Å²) in [5, 5.41) is 27.6. The third-order valence-electron chi connectivity index (χ3n) is 2.20. The first-order valence-electron chi connectivity index (χ1n) is 5.16. The molecule has 0 spiro atoms. The second-order valence-corrected chi connectivity index (χ2v) is 3.49. The molecule has 0 aromatic carbocycles. The van der Waals surface area contributed by atoms with Crippen LogP contribution < -0.4 is 0 Å². The summed E-state index contributed by atoms with van der Waals surface area (Å²) in [7, 11) is 1.54. The first-order chi connectivity index (χ1) is 8.11. The molecule has 0 aliphatic carbocycles. The summed E-state index contributed by atoms with van der Waals surface area (Å²) in [4.78, 5) is 11.3. The van der Waals surface area contributed by atoms with Crippen LogP contribution in [0.5, 0.6) is 0 Å². The van der Waals surface area contributed by atoms with Gasteiger partial charge in [-0.3, -0.25) is 0 Å². The number of aliphatic hydroxyl groups excluding tert-OH is 3. The molecular formula is C10H16O7. The fraction of sp³-hybridized carbons (Fsp3) is 0.700. The predicted molar refractivity (Wildman–Crippen MR) is 55.1 cm³/mol. The van der Waals surface area contributed by atoms with E-state index in [0.717, 1.165) is 0 Å². The highest BCUT2D eigenvalue weighted by molar-refractivity contribution is 5.89. The number of ether oxygens (including phenoxy) is 3. The van der Waals surface area contributed by atoms with Crippen molar-refractivity contribution >= 4 is 5.97 Å². The van der Waals surface area contributed by atoms with Crippen molar-refractivity contribution in [3.05, 3.63) is 11.5 Å². The smallest absolute Gasteiger partial charge is 0.378 e. The maximum absolute atomic E-state index is 11.3. The van der Waals surface area contributed by atoms with Gasteiger partial charge in [0.25, 0.3) is 0 Å². The maximum Gasteiger partial charge on any atom is 0.378 e. The van der Waals surface area contributed by atoms with Crippen molar-refractivity contribution in [2.45, 2.75) is 18.6 Å². The van der Waals surface area contributed by atoms with Crippen molar-refractivity contribution in [1.29, 1.82) is 0 Å². The van der Waals surface area contributed by atoms with E-state index in [9.17, 15) is 15.0 Å². The monoisotopic (exact) mass is 248 g/mol. The van der Waals surface area contributed by atoms with E-state index in [4.69, 9.17) is 14.6 Å². The minimum absolute atomic E-state index is 0.185. The normalized spacial score (nSPS) is 21.6. The molecule has 1 aliphatic heterocycles. The fourth-order valence-corrected chi connectivity index (χ4v) is 1.33. The highest BCUT2D eigenvalue weighted by atomic mass is 16.6. The van der Waals surface area contributed by atoms with Crippen molar-refractivity contribution in [1.82, 2.24) is 0 Å². The zero-order valence-corrected chi connectivity index (χ0v) is 9.46. The number of cyclic esters (lactones) is 1. The number of hydrogen-bond donors (Lipinski definition) is 3. The molecule has 2 unspecified atom stereocenters. The van der Waals surface area contributed by atoms with Gasteiger partial charge < -0.3 is 29.5 Å². The van der Waals surface area contributed by atoms with Gasteiger partial charge in [-0.1, -0.05) is 0 Å². The van der Waals surface area contributed by atoms with Crippen LogP contribution in [0.25, 0.3) is 0 Å². The summed E-state index contributed by atoms with van der Waals surface area (Å²) in [6.45, 7) is 0.0228. The van der Waals surface area contributed by atoms with Gasteiger partial charge in [-0.2, -0.15) is 0 Å². The Morgan fingerprint density at radius 2 is 2.18 bits per heavy atom.